The van der Waals surface area contributed by atoms with Crippen molar-refractivity contribution in [2.75, 3.05) is 26.2 Å². The fraction of sp³-hybridized carbons (Fsp3) is 1.00. The van der Waals surface area contributed by atoms with E-state index in [-0.39, 0.29) is 0 Å². The van der Waals surface area contributed by atoms with Crippen LogP contribution in [0.1, 0.15) is 27.2 Å². The van der Waals surface area contributed by atoms with Gasteiger partial charge in [-0.25, -0.2) is 0 Å². The second-order valence-electron chi connectivity index (χ2n) is 4.86. The van der Waals surface area contributed by atoms with Crippen LogP contribution in [0.25, 0.3) is 0 Å². The zero-order chi connectivity index (χ0) is 11.5. The maximum atomic E-state index is 11.9. The van der Waals surface area contributed by atoms with Crippen molar-refractivity contribution < 1.29 is 8.42 Å². The van der Waals surface area contributed by atoms with Crippen molar-refractivity contribution >= 4 is 10.2 Å². The Hall–Kier alpha value is -0.170. The Labute approximate surface area is 92.4 Å². The smallest absolute Gasteiger partial charge is 0.279 e. The summed E-state index contributed by atoms with van der Waals surface area (Å²) in [5.74, 6) is 0. The molecule has 5 nitrogen and oxygen atoms in total. The SMILES string of the molecule is CC(C)(C)NS(=O)(=O)N1CCCNCC1. The highest BCUT2D eigenvalue weighted by Crippen LogP contribution is 2.07. The van der Waals surface area contributed by atoms with E-state index in [0.717, 1.165) is 19.5 Å². The molecule has 0 unspecified atom stereocenters. The van der Waals surface area contributed by atoms with E-state index in [9.17, 15) is 8.42 Å². The molecule has 90 valence electrons. The zero-order valence-electron chi connectivity index (χ0n) is 9.71. The summed E-state index contributed by atoms with van der Waals surface area (Å²) in [6, 6.07) is 0. The molecule has 1 heterocycles. The van der Waals surface area contributed by atoms with E-state index in [1.54, 1.807) is 0 Å². The highest BCUT2D eigenvalue weighted by molar-refractivity contribution is 7.87. The molecule has 0 aromatic rings. The largest absolute Gasteiger partial charge is 0.315 e. The second-order valence-corrected chi connectivity index (χ2v) is 6.53. The molecule has 0 radical (unpaired) electrons. The van der Waals surface area contributed by atoms with Crippen molar-refractivity contribution in [3.63, 3.8) is 0 Å². The van der Waals surface area contributed by atoms with Gasteiger partial charge in [0.1, 0.15) is 0 Å². The average Bonchev–Trinajstić information content (AvgIpc) is 2.25. The van der Waals surface area contributed by atoms with E-state index >= 15 is 0 Å². The van der Waals surface area contributed by atoms with Crippen LogP contribution in [0.2, 0.25) is 0 Å². The molecule has 0 atom stereocenters. The van der Waals surface area contributed by atoms with Crippen LogP contribution in [0, 0.1) is 0 Å². The highest BCUT2D eigenvalue weighted by atomic mass is 32.2. The monoisotopic (exact) mass is 235 g/mol. The van der Waals surface area contributed by atoms with E-state index < -0.39 is 15.7 Å². The average molecular weight is 235 g/mol. The first-order chi connectivity index (χ1) is 6.81. The predicted octanol–water partition coefficient (Wildman–Crippen LogP) is -0.0854. The van der Waals surface area contributed by atoms with Crippen LogP contribution in [0.3, 0.4) is 0 Å². The summed E-state index contributed by atoms with van der Waals surface area (Å²) < 4.78 is 28.1. The third-order valence-corrected chi connectivity index (χ3v) is 3.99. The lowest BCUT2D eigenvalue weighted by atomic mass is 10.1. The van der Waals surface area contributed by atoms with Gasteiger partial charge in [-0.15, -0.1) is 0 Å². The first-order valence-corrected chi connectivity index (χ1v) is 6.75. The van der Waals surface area contributed by atoms with Crippen molar-refractivity contribution in [1.82, 2.24) is 14.3 Å². The predicted molar refractivity (Wildman–Crippen MR) is 60.9 cm³/mol. The van der Waals surface area contributed by atoms with Gasteiger partial charge in [-0.1, -0.05) is 0 Å². The fourth-order valence-electron chi connectivity index (χ4n) is 1.51. The van der Waals surface area contributed by atoms with E-state index in [1.165, 1.54) is 4.31 Å². The van der Waals surface area contributed by atoms with Gasteiger partial charge in [-0.05, 0) is 33.7 Å². The minimum atomic E-state index is -3.32. The van der Waals surface area contributed by atoms with E-state index in [4.69, 9.17) is 0 Å². The lowest BCUT2D eigenvalue weighted by molar-refractivity contribution is 0.398. The molecule has 0 aromatic carbocycles. The van der Waals surface area contributed by atoms with Gasteiger partial charge in [0, 0.05) is 25.2 Å². The number of nitrogens with one attached hydrogen (secondary N) is 2. The topological polar surface area (TPSA) is 61.4 Å². The molecule has 6 heteroatoms. The minimum absolute atomic E-state index is 0.418. The summed E-state index contributed by atoms with van der Waals surface area (Å²) in [4.78, 5) is 0. The van der Waals surface area contributed by atoms with Crippen LogP contribution < -0.4 is 10.0 Å². The number of nitrogens with zero attached hydrogens (tertiary/aromatic N) is 1. The van der Waals surface area contributed by atoms with Crippen LogP contribution in [-0.4, -0.2) is 44.4 Å². The summed E-state index contributed by atoms with van der Waals surface area (Å²) in [7, 11) is -3.32. The molecule has 0 saturated carbocycles. The Morgan fingerprint density at radius 3 is 2.47 bits per heavy atom. The van der Waals surface area contributed by atoms with Gasteiger partial charge in [0.25, 0.3) is 10.2 Å². The van der Waals surface area contributed by atoms with Gasteiger partial charge in [0.2, 0.25) is 0 Å². The van der Waals surface area contributed by atoms with E-state index in [1.807, 2.05) is 20.8 Å². The maximum Gasteiger partial charge on any atom is 0.279 e. The van der Waals surface area contributed by atoms with Gasteiger partial charge in [0.15, 0.2) is 0 Å². The van der Waals surface area contributed by atoms with Gasteiger partial charge in [-0.2, -0.15) is 17.4 Å². The second kappa shape index (κ2) is 4.78. The van der Waals surface area contributed by atoms with Crippen LogP contribution >= 0.6 is 0 Å². The number of hydrogen-bond acceptors (Lipinski definition) is 3. The number of hydrogen-bond donors (Lipinski definition) is 2. The molecule has 1 saturated heterocycles. The van der Waals surface area contributed by atoms with Gasteiger partial charge in [0.05, 0.1) is 0 Å². The van der Waals surface area contributed by atoms with Crippen LogP contribution in [0.15, 0.2) is 0 Å². The molecule has 0 amide bonds. The lowest BCUT2D eigenvalue weighted by Crippen LogP contribution is -2.49. The third kappa shape index (κ3) is 4.46. The molecule has 1 fully saturated rings. The van der Waals surface area contributed by atoms with Crippen LogP contribution in [-0.2, 0) is 10.2 Å². The van der Waals surface area contributed by atoms with Crippen LogP contribution in [0.4, 0.5) is 0 Å². The normalized spacial score (nSPS) is 21.3. The first-order valence-electron chi connectivity index (χ1n) is 5.31. The molecule has 1 aliphatic rings. The lowest BCUT2D eigenvalue weighted by Gasteiger charge is -2.26. The maximum absolute atomic E-state index is 11.9. The molecule has 0 aromatic heterocycles. The van der Waals surface area contributed by atoms with Crippen molar-refractivity contribution in [1.29, 1.82) is 0 Å². The Morgan fingerprint density at radius 2 is 1.87 bits per heavy atom. The molecule has 1 rings (SSSR count). The van der Waals surface area contributed by atoms with Gasteiger partial charge >= 0.3 is 0 Å². The van der Waals surface area contributed by atoms with Gasteiger partial charge < -0.3 is 5.32 Å². The Balaban J connectivity index is 2.67. The molecule has 1 aliphatic heterocycles. The van der Waals surface area contributed by atoms with Crippen molar-refractivity contribution in [2.24, 2.45) is 0 Å². The summed E-state index contributed by atoms with van der Waals surface area (Å²) in [6.45, 7) is 8.30. The Kier molecular flexibility index (Phi) is 4.11. The summed E-state index contributed by atoms with van der Waals surface area (Å²) >= 11 is 0. The van der Waals surface area contributed by atoms with Crippen molar-refractivity contribution in [3.8, 4) is 0 Å². The van der Waals surface area contributed by atoms with Crippen LogP contribution in [0.5, 0.6) is 0 Å². The highest BCUT2D eigenvalue weighted by Gasteiger charge is 2.27. The van der Waals surface area contributed by atoms with Gasteiger partial charge in [-0.3, -0.25) is 0 Å². The molecule has 0 aliphatic carbocycles. The molecule has 15 heavy (non-hydrogen) atoms. The molecule has 0 spiro atoms. The Bertz CT molecular complexity index is 287. The molecular weight excluding hydrogens is 214 g/mol. The summed E-state index contributed by atoms with van der Waals surface area (Å²) in [5, 5.41) is 3.18. The van der Waals surface area contributed by atoms with E-state index in [0.29, 0.717) is 13.1 Å². The van der Waals surface area contributed by atoms with E-state index in [2.05, 4.69) is 10.0 Å². The first kappa shape index (κ1) is 12.9. The van der Waals surface area contributed by atoms with Crippen molar-refractivity contribution in [3.05, 3.63) is 0 Å². The number of rotatable bonds is 2. The summed E-state index contributed by atoms with van der Waals surface area (Å²) in [6.07, 6.45) is 0.866. The molecule has 0 bridgehead atoms. The summed E-state index contributed by atoms with van der Waals surface area (Å²) in [5.41, 5.74) is -0.418. The van der Waals surface area contributed by atoms with Crippen molar-refractivity contribution in [2.45, 2.75) is 32.7 Å². The minimum Gasteiger partial charge on any atom is -0.315 e. The molecular formula is C9H21N3O2S. The zero-order valence-corrected chi connectivity index (χ0v) is 10.5. The Morgan fingerprint density at radius 1 is 1.20 bits per heavy atom. The quantitative estimate of drug-likeness (QED) is 0.703. The molecule has 2 N–H and O–H groups in total. The standard InChI is InChI=1S/C9H21N3O2S/c1-9(2,3)11-15(13,14)12-7-4-5-10-6-8-12/h10-11H,4-8H2,1-3H3. The third-order valence-electron chi connectivity index (χ3n) is 2.07. The fourth-order valence-corrected chi connectivity index (χ4v) is 3.12.